The molecule has 0 saturated heterocycles. The van der Waals surface area contributed by atoms with Gasteiger partial charge in [0.05, 0.1) is 9.71 Å². The molecule has 0 saturated carbocycles. The van der Waals surface area contributed by atoms with Crippen molar-refractivity contribution < 1.29 is 4.21 Å². The Hall–Kier alpha value is -0.800. The summed E-state index contributed by atoms with van der Waals surface area (Å²) in [6, 6.07) is 7.86. The van der Waals surface area contributed by atoms with Gasteiger partial charge in [-0.3, -0.25) is 0 Å². The molecular formula is C13H21NOS. The molecule has 90 valence electrons. The van der Waals surface area contributed by atoms with E-state index in [2.05, 4.69) is 37.4 Å². The van der Waals surface area contributed by atoms with Gasteiger partial charge in [-0.25, -0.2) is 8.93 Å². The zero-order valence-corrected chi connectivity index (χ0v) is 11.4. The van der Waals surface area contributed by atoms with Crippen LogP contribution in [0.1, 0.15) is 33.3 Å². The molecule has 0 aromatic heterocycles. The summed E-state index contributed by atoms with van der Waals surface area (Å²) in [5.74, 6) is 3.77. The number of benzene rings is 1. The number of hydrogen-bond donors (Lipinski definition) is 1. The third-order valence-electron chi connectivity index (χ3n) is 2.46. The summed E-state index contributed by atoms with van der Waals surface area (Å²) >= 11 is 0. The third kappa shape index (κ3) is 3.09. The van der Waals surface area contributed by atoms with Gasteiger partial charge in [-0.2, -0.15) is 0 Å². The summed E-state index contributed by atoms with van der Waals surface area (Å²) in [7, 11) is -2.34. The van der Waals surface area contributed by atoms with E-state index in [1.165, 1.54) is 5.56 Å². The first kappa shape index (κ1) is 13.3. The van der Waals surface area contributed by atoms with Gasteiger partial charge >= 0.3 is 0 Å². The fraction of sp³-hybridized carbons (Fsp3) is 0.462. The lowest BCUT2D eigenvalue weighted by Gasteiger charge is -2.20. The average molecular weight is 239 g/mol. The zero-order chi connectivity index (χ0) is 12.4. The van der Waals surface area contributed by atoms with E-state index in [0.717, 1.165) is 4.90 Å². The second kappa shape index (κ2) is 4.60. The van der Waals surface area contributed by atoms with E-state index in [0.29, 0.717) is 6.54 Å². The molecule has 1 aromatic carbocycles. The van der Waals surface area contributed by atoms with Crippen molar-refractivity contribution in [2.45, 2.75) is 38.0 Å². The molecule has 1 unspecified atom stereocenters. The Morgan fingerprint density at radius 2 is 2.00 bits per heavy atom. The molecule has 0 radical (unpaired) electrons. The van der Waals surface area contributed by atoms with Gasteiger partial charge in [0.25, 0.3) is 0 Å². The molecule has 1 atom stereocenters. The molecule has 0 fully saturated rings. The first-order valence-corrected chi connectivity index (χ1v) is 7.22. The Morgan fingerprint density at radius 1 is 1.38 bits per heavy atom. The number of rotatable bonds is 3. The molecule has 0 amide bonds. The molecule has 1 N–H and O–H groups in total. The van der Waals surface area contributed by atoms with Crippen molar-refractivity contribution in [2.75, 3.05) is 6.54 Å². The molecule has 1 aromatic rings. The monoisotopic (exact) mass is 239 g/mol. The minimum absolute atomic E-state index is 0.0672. The Morgan fingerprint density at radius 3 is 2.50 bits per heavy atom. The Bertz CT molecular complexity index is 455. The van der Waals surface area contributed by atoms with Crippen LogP contribution in [0.5, 0.6) is 0 Å². The van der Waals surface area contributed by atoms with Gasteiger partial charge < -0.3 is 0 Å². The van der Waals surface area contributed by atoms with Crippen molar-refractivity contribution in [1.82, 2.24) is 4.72 Å². The quantitative estimate of drug-likeness (QED) is 0.807. The van der Waals surface area contributed by atoms with Crippen LogP contribution in [-0.4, -0.2) is 16.6 Å². The Balaban J connectivity index is 3.19. The largest absolute Gasteiger partial charge is 0.248 e. The lowest BCUT2D eigenvalue weighted by Crippen LogP contribution is -2.23. The van der Waals surface area contributed by atoms with Crippen LogP contribution >= 0.6 is 0 Å². The fourth-order valence-corrected chi connectivity index (χ4v) is 2.73. The van der Waals surface area contributed by atoms with Crippen LogP contribution in [0, 0.1) is 0 Å². The van der Waals surface area contributed by atoms with Crippen LogP contribution in [-0.2, 0) is 15.1 Å². The maximum Gasteiger partial charge on any atom is 0.0533 e. The van der Waals surface area contributed by atoms with Crippen LogP contribution in [0.3, 0.4) is 0 Å². The second-order valence-corrected chi connectivity index (χ2v) is 7.06. The zero-order valence-electron chi connectivity index (χ0n) is 10.5. The molecule has 0 bridgehead atoms. The van der Waals surface area contributed by atoms with E-state index in [-0.39, 0.29) is 5.41 Å². The van der Waals surface area contributed by atoms with Gasteiger partial charge in [-0.15, -0.1) is 0 Å². The van der Waals surface area contributed by atoms with Gasteiger partial charge in [0, 0.05) is 11.4 Å². The van der Waals surface area contributed by atoms with Crippen molar-refractivity contribution in [3.8, 4) is 0 Å². The average Bonchev–Trinajstić information content (AvgIpc) is 2.16. The summed E-state index contributed by atoms with van der Waals surface area (Å²) in [6.45, 7) is 9.01. The summed E-state index contributed by atoms with van der Waals surface area (Å²) < 4.78 is 15.2. The minimum Gasteiger partial charge on any atom is -0.248 e. The topological polar surface area (TPSA) is 29.1 Å². The van der Waals surface area contributed by atoms with Crippen LogP contribution in [0.25, 0.3) is 0 Å². The number of nitrogens with one attached hydrogen (secondary N) is 1. The maximum atomic E-state index is 12.2. The van der Waals surface area contributed by atoms with Crippen molar-refractivity contribution in [2.24, 2.45) is 0 Å². The van der Waals surface area contributed by atoms with Gasteiger partial charge in [0.1, 0.15) is 0 Å². The Kier molecular flexibility index (Phi) is 3.81. The first-order chi connectivity index (χ1) is 7.27. The first-order valence-electron chi connectivity index (χ1n) is 5.50. The van der Waals surface area contributed by atoms with Crippen LogP contribution < -0.4 is 4.72 Å². The molecule has 0 aliphatic heterocycles. The van der Waals surface area contributed by atoms with E-state index in [1.807, 2.05) is 25.1 Å². The lowest BCUT2D eigenvalue weighted by molar-refractivity contribution is 0.588. The number of hydrogen-bond acceptors (Lipinski definition) is 1. The SMILES string of the molecule is C=S(=O)(NCC)c1cccc(C(C)(C)C)c1. The van der Waals surface area contributed by atoms with Gasteiger partial charge in [0.2, 0.25) is 0 Å². The predicted octanol–water partition coefficient (Wildman–Crippen LogP) is 2.58. The molecule has 0 aliphatic rings. The highest BCUT2D eigenvalue weighted by atomic mass is 32.2. The van der Waals surface area contributed by atoms with Crippen molar-refractivity contribution in [3.05, 3.63) is 29.8 Å². The Labute approximate surface area is 99.2 Å². The van der Waals surface area contributed by atoms with E-state index >= 15 is 0 Å². The standard InChI is InChI=1S/C13H21NOS/c1-6-14-16(5,15)12-9-7-8-11(10-12)13(2,3)4/h7-10H,5-6H2,1-4H3,(H,14,15). The summed E-state index contributed by atoms with van der Waals surface area (Å²) in [5.41, 5.74) is 1.25. The predicted molar refractivity (Wildman–Crippen MR) is 72.3 cm³/mol. The van der Waals surface area contributed by atoms with Crippen molar-refractivity contribution in [1.29, 1.82) is 0 Å². The van der Waals surface area contributed by atoms with Crippen molar-refractivity contribution in [3.63, 3.8) is 0 Å². The summed E-state index contributed by atoms with van der Waals surface area (Å²) in [6.07, 6.45) is 0. The lowest BCUT2D eigenvalue weighted by atomic mass is 9.87. The molecular weight excluding hydrogens is 218 g/mol. The van der Waals surface area contributed by atoms with Crippen LogP contribution in [0.15, 0.2) is 29.2 Å². The van der Waals surface area contributed by atoms with Crippen LogP contribution in [0.4, 0.5) is 0 Å². The van der Waals surface area contributed by atoms with Crippen molar-refractivity contribution >= 4 is 15.6 Å². The van der Waals surface area contributed by atoms with E-state index in [1.54, 1.807) is 0 Å². The molecule has 0 aliphatic carbocycles. The van der Waals surface area contributed by atoms with E-state index < -0.39 is 9.71 Å². The van der Waals surface area contributed by atoms with E-state index in [9.17, 15) is 4.21 Å². The van der Waals surface area contributed by atoms with E-state index in [4.69, 9.17) is 0 Å². The highest BCUT2D eigenvalue weighted by Crippen LogP contribution is 2.24. The van der Waals surface area contributed by atoms with Crippen LogP contribution in [0.2, 0.25) is 0 Å². The third-order valence-corrected chi connectivity index (χ3v) is 4.23. The van der Waals surface area contributed by atoms with Gasteiger partial charge in [-0.1, -0.05) is 39.8 Å². The summed E-state index contributed by atoms with van der Waals surface area (Å²) in [5, 5.41) is 0. The molecule has 2 nitrogen and oxygen atoms in total. The summed E-state index contributed by atoms with van der Waals surface area (Å²) in [4.78, 5) is 0.779. The second-order valence-electron chi connectivity index (χ2n) is 4.95. The smallest absolute Gasteiger partial charge is 0.0533 e. The minimum atomic E-state index is -2.34. The van der Waals surface area contributed by atoms with Gasteiger partial charge in [-0.05, 0) is 29.0 Å². The highest BCUT2D eigenvalue weighted by Gasteiger charge is 2.15. The molecule has 3 heteroatoms. The van der Waals surface area contributed by atoms with Gasteiger partial charge in [0.15, 0.2) is 0 Å². The molecule has 1 rings (SSSR count). The molecule has 16 heavy (non-hydrogen) atoms. The molecule has 0 heterocycles. The maximum absolute atomic E-state index is 12.2. The molecule has 0 spiro atoms. The normalized spacial score (nSPS) is 15.8. The highest BCUT2D eigenvalue weighted by molar-refractivity contribution is 7.98. The fourth-order valence-electron chi connectivity index (χ4n) is 1.48.